The molecular formula is C16H20BrNO2. The first-order chi connectivity index (χ1) is 9.76. The molecule has 0 aliphatic carbocycles. The Morgan fingerprint density at radius 2 is 2.00 bits per heavy atom. The van der Waals surface area contributed by atoms with Gasteiger partial charge in [-0.05, 0) is 39.7 Å². The Kier molecular flexibility index (Phi) is 5.83. The van der Waals surface area contributed by atoms with Crippen LogP contribution in [0, 0.1) is 0 Å². The summed E-state index contributed by atoms with van der Waals surface area (Å²) in [5.41, 5.74) is 5.65. The maximum atomic E-state index is 5.84. The van der Waals surface area contributed by atoms with Gasteiger partial charge < -0.3 is 15.2 Å². The third kappa shape index (κ3) is 3.72. The summed E-state index contributed by atoms with van der Waals surface area (Å²) in [5.74, 6) is 0.857. The largest absolute Gasteiger partial charge is 0.492 e. The zero-order chi connectivity index (χ0) is 14.4. The average Bonchev–Trinajstić information content (AvgIpc) is 2.49. The number of benzene rings is 2. The van der Waals surface area contributed by atoms with Crippen molar-refractivity contribution in [1.82, 2.24) is 0 Å². The molecule has 0 saturated carbocycles. The highest BCUT2D eigenvalue weighted by atomic mass is 79.9. The molecule has 0 aromatic heterocycles. The highest BCUT2D eigenvalue weighted by Crippen LogP contribution is 2.33. The van der Waals surface area contributed by atoms with E-state index in [9.17, 15) is 0 Å². The lowest BCUT2D eigenvalue weighted by Crippen LogP contribution is -2.25. The molecule has 0 heterocycles. The first-order valence-electron chi connectivity index (χ1n) is 6.88. The van der Waals surface area contributed by atoms with E-state index in [1.807, 2.05) is 25.1 Å². The van der Waals surface area contributed by atoms with Gasteiger partial charge in [-0.2, -0.15) is 0 Å². The van der Waals surface area contributed by atoms with Gasteiger partial charge >= 0.3 is 0 Å². The summed E-state index contributed by atoms with van der Waals surface area (Å²) < 4.78 is 12.4. The monoisotopic (exact) mass is 337 g/mol. The molecular weight excluding hydrogens is 318 g/mol. The van der Waals surface area contributed by atoms with E-state index in [4.69, 9.17) is 15.2 Å². The van der Waals surface area contributed by atoms with E-state index < -0.39 is 0 Å². The van der Waals surface area contributed by atoms with Crippen LogP contribution in [0.3, 0.4) is 0 Å². The average molecular weight is 338 g/mol. The molecule has 0 saturated heterocycles. The predicted octanol–water partition coefficient (Wildman–Crippen LogP) is 3.74. The van der Waals surface area contributed by atoms with E-state index in [0.29, 0.717) is 19.8 Å². The fourth-order valence-electron chi connectivity index (χ4n) is 2.13. The van der Waals surface area contributed by atoms with Crippen LogP contribution >= 0.6 is 15.9 Å². The molecule has 1 atom stereocenters. The van der Waals surface area contributed by atoms with Crippen LogP contribution < -0.4 is 10.5 Å². The highest BCUT2D eigenvalue weighted by Gasteiger charge is 2.09. The lowest BCUT2D eigenvalue weighted by molar-refractivity contribution is 0.0526. The van der Waals surface area contributed by atoms with Gasteiger partial charge in [-0.1, -0.05) is 30.3 Å². The molecule has 1 unspecified atom stereocenters. The molecule has 0 amide bonds. The Hall–Kier alpha value is -1.10. The van der Waals surface area contributed by atoms with Gasteiger partial charge in [0, 0.05) is 19.6 Å². The van der Waals surface area contributed by atoms with E-state index in [-0.39, 0.29) is 6.10 Å². The Balaban J connectivity index is 2.01. The van der Waals surface area contributed by atoms with Crippen molar-refractivity contribution in [3.8, 4) is 5.75 Å². The van der Waals surface area contributed by atoms with Gasteiger partial charge in [-0.25, -0.2) is 0 Å². The summed E-state index contributed by atoms with van der Waals surface area (Å²) in [6, 6.07) is 12.3. The van der Waals surface area contributed by atoms with E-state index >= 15 is 0 Å². The zero-order valence-corrected chi connectivity index (χ0v) is 13.2. The molecule has 0 fully saturated rings. The second-order valence-corrected chi connectivity index (χ2v) is 5.34. The van der Waals surface area contributed by atoms with Gasteiger partial charge in [0.1, 0.15) is 5.75 Å². The highest BCUT2D eigenvalue weighted by molar-refractivity contribution is 9.10. The summed E-state index contributed by atoms with van der Waals surface area (Å²) >= 11 is 3.62. The predicted molar refractivity (Wildman–Crippen MR) is 86.2 cm³/mol. The van der Waals surface area contributed by atoms with Gasteiger partial charge in [0.15, 0.2) is 0 Å². The third-order valence-corrected chi connectivity index (χ3v) is 4.01. The van der Waals surface area contributed by atoms with Gasteiger partial charge in [-0.3, -0.25) is 0 Å². The van der Waals surface area contributed by atoms with Crippen LogP contribution in [0.25, 0.3) is 10.8 Å². The number of halogens is 1. The molecule has 3 nitrogen and oxygen atoms in total. The quantitative estimate of drug-likeness (QED) is 0.837. The minimum atomic E-state index is 0.0687. The van der Waals surface area contributed by atoms with Crippen molar-refractivity contribution in [3.05, 3.63) is 40.9 Å². The SMILES string of the molecule is CCOC(CN)CCOc1ccc2ccccc2c1Br. The van der Waals surface area contributed by atoms with Crippen LogP contribution in [0.1, 0.15) is 13.3 Å². The third-order valence-electron chi connectivity index (χ3n) is 3.19. The van der Waals surface area contributed by atoms with Gasteiger partial charge in [-0.15, -0.1) is 0 Å². The summed E-state index contributed by atoms with van der Waals surface area (Å²) in [7, 11) is 0. The molecule has 0 bridgehead atoms. The maximum absolute atomic E-state index is 5.84. The van der Waals surface area contributed by atoms with Crippen LogP contribution in [-0.2, 0) is 4.74 Å². The van der Waals surface area contributed by atoms with E-state index in [0.717, 1.165) is 22.0 Å². The fourth-order valence-corrected chi connectivity index (χ4v) is 2.74. The molecule has 0 radical (unpaired) electrons. The zero-order valence-electron chi connectivity index (χ0n) is 11.6. The van der Waals surface area contributed by atoms with Gasteiger partial charge in [0.25, 0.3) is 0 Å². The maximum Gasteiger partial charge on any atom is 0.134 e. The Morgan fingerprint density at radius 1 is 1.20 bits per heavy atom. The molecule has 0 spiro atoms. The summed E-state index contributed by atoms with van der Waals surface area (Å²) in [6.45, 7) is 3.78. The van der Waals surface area contributed by atoms with Crippen molar-refractivity contribution in [2.75, 3.05) is 19.8 Å². The minimum Gasteiger partial charge on any atom is -0.492 e. The second-order valence-electron chi connectivity index (χ2n) is 4.55. The number of hydrogen-bond acceptors (Lipinski definition) is 3. The number of nitrogens with two attached hydrogens (primary N) is 1. The number of hydrogen-bond donors (Lipinski definition) is 1. The van der Waals surface area contributed by atoms with Crippen molar-refractivity contribution < 1.29 is 9.47 Å². The molecule has 20 heavy (non-hydrogen) atoms. The summed E-state index contributed by atoms with van der Waals surface area (Å²) in [5, 5.41) is 2.35. The lowest BCUT2D eigenvalue weighted by Gasteiger charge is -2.16. The van der Waals surface area contributed by atoms with Crippen LogP contribution in [-0.4, -0.2) is 25.9 Å². The Labute approximate surface area is 128 Å². The van der Waals surface area contributed by atoms with Crippen LogP contribution in [0.5, 0.6) is 5.75 Å². The number of fused-ring (bicyclic) bond motifs is 1. The Morgan fingerprint density at radius 3 is 2.75 bits per heavy atom. The standard InChI is InChI=1S/C16H20BrNO2/c1-2-19-13(11-18)9-10-20-15-8-7-12-5-3-4-6-14(12)16(15)17/h3-8,13H,2,9-11,18H2,1H3. The van der Waals surface area contributed by atoms with Crippen molar-refractivity contribution in [2.45, 2.75) is 19.4 Å². The van der Waals surface area contributed by atoms with E-state index in [1.54, 1.807) is 0 Å². The van der Waals surface area contributed by atoms with E-state index in [2.05, 4.69) is 34.1 Å². The topological polar surface area (TPSA) is 44.5 Å². The molecule has 2 aromatic rings. The molecule has 2 N–H and O–H groups in total. The molecule has 2 rings (SSSR count). The van der Waals surface area contributed by atoms with E-state index in [1.165, 1.54) is 5.39 Å². The molecule has 2 aromatic carbocycles. The van der Waals surface area contributed by atoms with Crippen molar-refractivity contribution in [3.63, 3.8) is 0 Å². The first kappa shape index (κ1) is 15.3. The number of rotatable bonds is 7. The Bertz CT molecular complexity index is 559. The van der Waals surface area contributed by atoms with Gasteiger partial charge in [0.2, 0.25) is 0 Å². The summed E-state index contributed by atoms with van der Waals surface area (Å²) in [6.07, 6.45) is 0.864. The number of ether oxygens (including phenoxy) is 2. The van der Waals surface area contributed by atoms with Gasteiger partial charge in [0.05, 0.1) is 17.2 Å². The van der Waals surface area contributed by atoms with Crippen LogP contribution in [0.4, 0.5) is 0 Å². The molecule has 0 aliphatic heterocycles. The lowest BCUT2D eigenvalue weighted by atomic mass is 10.1. The van der Waals surface area contributed by atoms with Crippen molar-refractivity contribution in [1.29, 1.82) is 0 Å². The van der Waals surface area contributed by atoms with Crippen LogP contribution in [0.15, 0.2) is 40.9 Å². The normalized spacial score (nSPS) is 12.6. The van der Waals surface area contributed by atoms with Crippen molar-refractivity contribution in [2.24, 2.45) is 5.73 Å². The minimum absolute atomic E-state index is 0.0687. The fraction of sp³-hybridized carbons (Fsp3) is 0.375. The van der Waals surface area contributed by atoms with Crippen LogP contribution in [0.2, 0.25) is 0 Å². The summed E-state index contributed by atoms with van der Waals surface area (Å²) in [4.78, 5) is 0. The molecule has 0 aliphatic rings. The molecule has 108 valence electrons. The smallest absolute Gasteiger partial charge is 0.134 e. The van der Waals surface area contributed by atoms with Crippen molar-refractivity contribution >= 4 is 26.7 Å². The first-order valence-corrected chi connectivity index (χ1v) is 7.67. The second kappa shape index (κ2) is 7.62. The molecule has 4 heteroatoms.